The number of nitriles is 1. The van der Waals surface area contributed by atoms with Gasteiger partial charge >= 0.3 is 0 Å². The van der Waals surface area contributed by atoms with Crippen molar-refractivity contribution in [2.24, 2.45) is 0 Å². The second-order valence-corrected chi connectivity index (χ2v) is 8.42. The second-order valence-electron chi connectivity index (χ2n) is 3.96. The zero-order chi connectivity index (χ0) is 10.5. The molecule has 0 aliphatic carbocycles. The van der Waals surface area contributed by atoms with E-state index < -0.39 is 8.32 Å². The molecule has 0 aromatic carbocycles. The van der Waals surface area contributed by atoms with Gasteiger partial charge in [-0.3, -0.25) is 0 Å². The fraction of sp³-hybridized carbons (Fsp3) is 0.700. The van der Waals surface area contributed by atoms with Gasteiger partial charge in [0.1, 0.15) is 0 Å². The first-order valence-corrected chi connectivity index (χ1v) is 8.08. The summed E-state index contributed by atoms with van der Waals surface area (Å²) in [5, 5.41) is 8.93. The topological polar surface area (TPSA) is 33.0 Å². The Morgan fingerprint density at radius 2 is 2.08 bits per heavy atom. The Morgan fingerprint density at radius 1 is 1.54 bits per heavy atom. The van der Waals surface area contributed by atoms with E-state index in [0.29, 0.717) is 0 Å². The van der Waals surface area contributed by atoms with Crippen LogP contribution in [0.25, 0.3) is 0 Å². The highest BCUT2D eigenvalue weighted by Gasteiger charge is 2.22. The average molecular weight is 197 g/mol. The number of hydrogen-bond donors (Lipinski definition) is 0. The normalized spacial score (nSPS) is 15.2. The van der Waals surface area contributed by atoms with Gasteiger partial charge in [-0.05, 0) is 38.6 Å². The van der Waals surface area contributed by atoms with Crippen molar-refractivity contribution in [3.05, 3.63) is 11.6 Å². The van der Waals surface area contributed by atoms with Gasteiger partial charge in [-0.25, -0.2) is 0 Å². The van der Waals surface area contributed by atoms with Crippen molar-refractivity contribution in [3.8, 4) is 6.07 Å². The molecule has 0 aliphatic heterocycles. The van der Waals surface area contributed by atoms with Crippen molar-refractivity contribution in [1.82, 2.24) is 0 Å². The van der Waals surface area contributed by atoms with Crippen molar-refractivity contribution >= 4 is 8.32 Å². The number of rotatable bonds is 4. The quantitative estimate of drug-likeness (QED) is 0.512. The predicted molar refractivity (Wildman–Crippen MR) is 57.9 cm³/mol. The zero-order valence-corrected chi connectivity index (χ0v) is 10.2. The molecule has 13 heavy (non-hydrogen) atoms. The molecular weight excluding hydrogens is 178 g/mol. The van der Waals surface area contributed by atoms with E-state index in [1.54, 1.807) is 0 Å². The maximum Gasteiger partial charge on any atom is 0.185 e. The molecule has 0 fully saturated rings. The van der Waals surface area contributed by atoms with Crippen LogP contribution in [0, 0.1) is 11.3 Å². The Morgan fingerprint density at radius 3 is 2.31 bits per heavy atom. The van der Waals surface area contributed by atoms with Gasteiger partial charge in [0.2, 0.25) is 0 Å². The molecule has 0 saturated carbocycles. The van der Waals surface area contributed by atoms with Crippen LogP contribution < -0.4 is 0 Å². The summed E-state index contributed by atoms with van der Waals surface area (Å²) in [6, 6.07) is 2.20. The van der Waals surface area contributed by atoms with Crippen LogP contribution in [0.4, 0.5) is 0 Å². The summed E-state index contributed by atoms with van der Waals surface area (Å²) >= 11 is 0. The van der Waals surface area contributed by atoms with Crippen LogP contribution in [0.2, 0.25) is 19.6 Å². The Kier molecular flexibility index (Phi) is 4.97. The summed E-state index contributed by atoms with van der Waals surface area (Å²) < 4.78 is 5.74. The Balaban J connectivity index is 4.46. The molecule has 3 heteroatoms. The first-order valence-electron chi connectivity index (χ1n) is 4.67. The molecule has 0 aliphatic rings. The van der Waals surface area contributed by atoms with Crippen LogP contribution in [0.5, 0.6) is 0 Å². The molecular formula is C10H19NOSi. The molecule has 74 valence electrons. The molecule has 0 N–H and O–H groups in total. The third-order valence-corrected chi connectivity index (χ3v) is 2.65. The first-order chi connectivity index (χ1) is 5.94. The van der Waals surface area contributed by atoms with Crippen LogP contribution in [0.3, 0.4) is 0 Å². The standard InChI is InChI=1S/C10H19NOSi/c1-6-9(7-2)10(8-11)12-13(3,4)5/h6,10H,7H2,1-5H3. The lowest BCUT2D eigenvalue weighted by Gasteiger charge is -2.22. The molecule has 0 radical (unpaired) electrons. The van der Waals surface area contributed by atoms with Gasteiger partial charge in [-0.15, -0.1) is 0 Å². The molecule has 0 aromatic rings. The van der Waals surface area contributed by atoms with Gasteiger partial charge in [0.15, 0.2) is 14.4 Å². The van der Waals surface area contributed by atoms with Crippen molar-refractivity contribution in [2.45, 2.75) is 46.0 Å². The summed E-state index contributed by atoms with van der Waals surface area (Å²) in [6.45, 7) is 10.3. The van der Waals surface area contributed by atoms with E-state index in [4.69, 9.17) is 9.69 Å². The highest BCUT2D eigenvalue weighted by atomic mass is 28.4. The molecule has 0 amide bonds. The highest BCUT2D eigenvalue weighted by Crippen LogP contribution is 2.15. The van der Waals surface area contributed by atoms with Gasteiger partial charge in [0.25, 0.3) is 0 Å². The van der Waals surface area contributed by atoms with Gasteiger partial charge in [-0.2, -0.15) is 5.26 Å². The smallest absolute Gasteiger partial charge is 0.185 e. The maximum atomic E-state index is 8.93. The molecule has 2 nitrogen and oxygen atoms in total. The minimum atomic E-state index is -1.60. The fourth-order valence-corrected chi connectivity index (χ4v) is 1.99. The average Bonchev–Trinajstić information content (AvgIpc) is 2.02. The van der Waals surface area contributed by atoms with E-state index >= 15 is 0 Å². The summed E-state index contributed by atoms with van der Waals surface area (Å²) in [7, 11) is -1.60. The zero-order valence-electron chi connectivity index (χ0n) is 9.22. The van der Waals surface area contributed by atoms with E-state index in [0.717, 1.165) is 12.0 Å². The van der Waals surface area contributed by atoms with Gasteiger partial charge in [0, 0.05) is 0 Å². The molecule has 0 spiro atoms. The molecule has 1 atom stereocenters. The lowest BCUT2D eigenvalue weighted by atomic mass is 10.1. The van der Waals surface area contributed by atoms with Gasteiger partial charge in [0.05, 0.1) is 6.07 Å². The monoisotopic (exact) mass is 197 g/mol. The lowest BCUT2D eigenvalue weighted by Crippen LogP contribution is -2.32. The highest BCUT2D eigenvalue weighted by molar-refractivity contribution is 6.69. The lowest BCUT2D eigenvalue weighted by molar-refractivity contribution is 0.280. The molecule has 0 saturated heterocycles. The number of hydrogen-bond acceptors (Lipinski definition) is 2. The summed E-state index contributed by atoms with van der Waals surface area (Å²) in [4.78, 5) is 0. The van der Waals surface area contributed by atoms with Gasteiger partial charge < -0.3 is 4.43 Å². The minimum absolute atomic E-state index is 0.332. The SMILES string of the molecule is CC=C(CC)C(C#N)O[Si](C)(C)C. The first kappa shape index (κ1) is 12.4. The van der Waals surface area contributed by atoms with Crippen molar-refractivity contribution in [3.63, 3.8) is 0 Å². The van der Waals surface area contributed by atoms with Crippen LogP contribution in [-0.2, 0) is 4.43 Å². The molecule has 0 rings (SSSR count). The molecule has 0 bridgehead atoms. The Labute approximate surface area is 82.3 Å². The molecule has 0 aromatic heterocycles. The van der Waals surface area contributed by atoms with Crippen LogP contribution in [-0.4, -0.2) is 14.4 Å². The number of allylic oxidation sites excluding steroid dienone is 1. The molecule has 0 heterocycles. The Bertz CT molecular complexity index is 222. The summed E-state index contributed by atoms with van der Waals surface area (Å²) in [6.07, 6.45) is 2.54. The minimum Gasteiger partial charge on any atom is -0.399 e. The van der Waals surface area contributed by atoms with Crippen LogP contribution in [0.15, 0.2) is 11.6 Å². The third-order valence-electron chi connectivity index (χ3n) is 1.70. The van der Waals surface area contributed by atoms with Crippen LogP contribution >= 0.6 is 0 Å². The van der Waals surface area contributed by atoms with E-state index in [9.17, 15) is 0 Å². The third kappa shape index (κ3) is 4.86. The second kappa shape index (κ2) is 5.20. The largest absolute Gasteiger partial charge is 0.399 e. The summed E-state index contributed by atoms with van der Waals surface area (Å²) in [5.74, 6) is 0. The maximum absolute atomic E-state index is 8.93. The summed E-state index contributed by atoms with van der Waals surface area (Å²) in [5.41, 5.74) is 1.09. The van der Waals surface area contributed by atoms with E-state index in [1.165, 1.54) is 0 Å². The Hall–Kier alpha value is -0.593. The van der Waals surface area contributed by atoms with Gasteiger partial charge in [-0.1, -0.05) is 13.0 Å². The van der Waals surface area contributed by atoms with Crippen LogP contribution in [0.1, 0.15) is 20.3 Å². The molecule has 1 unspecified atom stereocenters. The van der Waals surface area contributed by atoms with E-state index in [-0.39, 0.29) is 6.10 Å². The van der Waals surface area contributed by atoms with E-state index in [2.05, 4.69) is 25.7 Å². The fourth-order valence-electron chi connectivity index (χ4n) is 1.08. The predicted octanol–water partition coefficient (Wildman–Crippen LogP) is 3.09. The van der Waals surface area contributed by atoms with Crippen molar-refractivity contribution < 1.29 is 4.43 Å². The van der Waals surface area contributed by atoms with Crippen molar-refractivity contribution in [1.29, 1.82) is 5.26 Å². The number of nitrogens with zero attached hydrogens (tertiary/aromatic N) is 1. The van der Waals surface area contributed by atoms with E-state index in [1.807, 2.05) is 19.9 Å². The van der Waals surface area contributed by atoms with Crippen molar-refractivity contribution in [2.75, 3.05) is 0 Å².